The maximum atomic E-state index is 14.4. The molecule has 0 heterocycles. The Kier molecular flexibility index (Phi) is 6.16. The zero-order chi connectivity index (χ0) is 23.6. The summed E-state index contributed by atoms with van der Waals surface area (Å²) in [7, 11) is -5.96. The van der Waals surface area contributed by atoms with Crippen LogP contribution in [0.2, 0.25) is 0 Å². The molecule has 33 heavy (non-hydrogen) atoms. The van der Waals surface area contributed by atoms with Gasteiger partial charge in [0.2, 0.25) is 0 Å². The molecular weight excluding hydrogens is 460 g/mol. The average molecular weight is 478 g/mol. The minimum atomic E-state index is -5.96. The van der Waals surface area contributed by atoms with E-state index in [0.29, 0.717) is 17.7 Å². The summed E-state index contributed by atoms with van der Waals surface area (Å²) in [5.41, 5.74) is -3.99. The molecule has 0 radical (unpaired) electrons. The molecule has 172 valence electrons. The summed E-state index contributed by atoms with van der Waals surface area (Å²) in [6, 6.07) is 19.4. The van der Waals surface area contributed by atoms with Gasteiger partial charge in [-0.15, -0.1) is 0 Å². The highest BCUT2D eigenvalue weighted by atomic mass is 32.2. The van der Waals surface area contributed by atoms with E-state index in [9.17, 15) is 26.0 Å². The molecule has 1 aliphatic rings. The Morgan fingerprint density at radius 2 is 1.55 bits per heavy atom. The van der Waals surface area contributed by atoms with Gasteiger partial charge in [0.15, 0.2) is 5.76 Å². The number of benzene rings is 3. The number of allylic oxidation sites excluding steroid dienone is 1. The molecule has 0 N–H and O–H groups in total. The van der Waals surface area contributed by atoms with Crippen molar-refractivity contribution in [2.24, 2.45) is 0 Å². The smallest absolute Gasteiger partial charge is 0.489 e. The molecule has 3 aromatic rings. The summed E-state index contributed by atoms with van der Waals surface area (Å²) in [5, 5.41) is 0. The minimum Gasteiger partial charge on any atom is -0.489 e. The van der Waals surface area contributed by atoms with Crippen molar-refractivity contribution in [3.05, 3.63) is 101 Å². The molecule has 0 aromatic heterocycles. The second-order valence-electron chi connectivity index (χ2n) is 7.36. The third-order valence-corrected chi connectivity index (χ3v) is 6.12. The zero-order valence-corrected chi connectivity index (χ0v) is 17.9. The first-order chi connectivity index (χ1) is 15.7. The number of fused-ring (bicyclic) bond motifs is 1. The number of hydrogen-bond donors (Lipinski definition) is 0. The van der Waals surface area contributed by atoms with Crippen LogP contribution >= 0.6 is 0 Å². The van der Waals surface area contributed by atoms with Gasteiger partial charge in [-0.2, -0.15) is 21.6 Å². The predicted octanol–water partition coefficient (Wildman–Crippen LogP) is 6.09. The van der Waals surface area contributed by atoms with E-state index in [1.54, 1.807) is 6.07 Å². The third-order valence-electron chi connectivity index (χ3n) is 5.16. The highest BCUT2D eigenvalue weighted by Gasteiger charge is 2.49. The highest BCUT2D eigenvalue weighted by molar-refractivity contribution is 7.87. The van der Waals surface area contributed by atoms with Crippen LogP contribution in [0.15, 0.2) is 72.8 Å². The fourth-order valence-electron chi connectivity index (χ4n) is 3.58. The van der Waals surface area contributed by atoms with Crippen molar-refractivity contribution < 1.29 is 34.9 Å². The van der Waals surface area contributed by atoms with E-state index >= 15 is 0 Å². The van der Waals surface area contributed by atoms with Crippen molar-refractivity contribution in [3.8, 4) is 5.75 Å². The van der Waals surface area contributed by atoms with Crippen molar-refractivity contribution in [2.45, 2.75) is 25.0 Å². The van der Waals surface area contributed by atoms with Gasteiger partial charge in [-0.3, -0.25) is 0 Å². The van der Waals surface area contributed by atoms with Crippen LogP contribution in [0.4, 0.5) is 17.6 Å². The van der Waals surface area contributed by atoms with Gasteiger partial charge in [0.1, 0.15) is 18.2 Å². The standard InChI is InChI=1S/C24H18F4O4S/c25-22-9-5-4-8-20(22)21-12-10-17-14-18(31-15-16-6-2-1-3-7-16)11-13-19(17)23(21)32-33(29,30)24(26,27)28/h1-9,11,13-14H,10,12,15H2. The first kappa shape index (κ1) is 22.8. The lowest BCUT2D eigenvalue weighted by Gasteiger charge is -2.24. The maximum absolute atomic E-state index is 14.4. The SMILES string of the molecule is O=S(=O)(OC1=C(c2ccccc2F)CCc2cc(OCc3ccccc3)ccc21)C(F)(F)F. The molecule has 0 fully saturated rings. The molecule has 0 aliphatic heterocycles. The number of rotatable bonds is 6. The quantitative estimate of drug-likeness (QED) is 0.245. The number of alkyl halides is 3. The van der Waals surface area contributed by atoms with Gasteiger partial charge in [-0.25, -0.2) is 4.39 Å². The second kappa shape index (κ2) is 8.90. The Labute approximate surface area is 188 Å². The van der Waals surface area contributed by atoms with Crippen molar-refractivity contribution >= 4 is 21.5 Å². The van der Waals surface area contributed by atoms with E-state index in [-0.39, 0.29) is 29.7 Å². The molecule has 0 atom stereocenters. The lowest BCUT2D eigenvalue weighted by atomic mass is 9.87. The van der Waals surface area contributed by atoms with Gasteiger partial charge in [0, 0.05) is 16.7 Å². The molecule has 0 saturated heterocycles. The van der Waals surface area contributed by atoms with Crippen molar-refractivity contribution in [2.75, 3.05) is 0 Å². The molecular formula is C24H18F4O4S. The van der Waals surface area contributed by atoms with Gasteiger partial charge >= 0.3 is 15.6 Å². The summed E-state index contributed by atoms with van der Waals surface area (Å²) >= 11 is 0. The summed E-state index contributed by atoms with van der Waals surface area (Å²) in [6.45, 7) is 0.280. The van der Waals surface area contributed by atoms with Crippen LogP contribution in [0, 0.1) is 5.82 Å². The number of halogens is 4. The van der Waals surface area contributed by atoms with Crippen LogP contribution < -0.4 is 4.74 Å². The lowest BCUT2D eigenvalue weighted by molar-refractivity contribution is -0.0509. The topological polar surface area (TPSA) is 52.6 Å². The van der Waals surface area contributed by atoms with Crippen molar-refractivity contribution in [1.82, 2.24) is 0 Å². The lowest BCUT2D eigenvalue weighted by Crippen LogP contribution is -2.26. The molecule has 9 heteroatoms. The fraction of sp³-hybridized carbons (Fsp3) is 0.167. The number of aryl methyl sites for hydroxylation is 1. The van der Waals surface area contributed by atoms with E-state index in [0.717, 1.165) is 11.6 Å². The summed E-state index contributed by atoms with van der Waals surface area (Å²) < 4.78 is 87.6. The largest absolute Gasteiger partial charge is 0.534 e. The maximum Gasteiger partial charge on any atom is 0.534 e. The Hall–Kier alpha value is -3.33. The van der Waals surface area contributed by atoms with Gasteiger partial charge in [0.05, 0.1) is 0 Å². The molecule has 0 saturated carbocycles. The number of hydrogen-bond acceptors (Lipinski definition) is 4. The van der Waals surface area contributed by atoms with Crippen LogP contribution in [0.25, 0.3) is 11.3 Å². The first-order valence-electron chi connectivity index (χ1n) is 9.94. The molecule has 0 spiro atoms. The predicted molar refractivity (Wildman–Crippen MR) is 115 cm³/mol. The molecule has 0 bridgehead atoms. The molecule has 4 rings (SSSR count). The molecule has 3 aromatic carbocycles. The van der Waals surface area contributed by atoms with Crippen LogP contribution in [-0.4, -0.2) is 13.9 Å². The zero-order valence-electron chi connectivity index (χ0n) is 17.1. The summed E-state index contributed by atoms with van der Waals surface area (Å²) in [5.74, 6) is -0.762. The van der Waals surface area contributed by atoms with E-state index in [1.165, 1.54) is 30.3 Å². The summed E-state index contributed by atoms with van der Waals surface area (Å²) in [6.07, 6.45) is 0.416. The number of ether oxygens (including phenoxy) is 1. The summed E-state index contributed by atoms with van der Waals surface area (Å²) in [4.78, 5) is 0. The molecule has 0 amide bonds. The van der Waals surface area contributed by atoms with Crippen LogP contribution in [0.1, 0.15) is 28.7 Å². The second-order valence-corrected chi connectivity index (χ2v) is 8.90. The van der Waals surface area contributed by atoms with Gasteiger partial charge in [-0.05, 0) is 48.2 Å². The van der Waals surface area contributed by atoms with Gasteiger partial charge in [-0.1, -0.05) is 48.5 Å². The van der Waals surface area contributed by atoms with Gasteiger partial charge < -0.3 is 8.92 Å². The van der Waals surface area contributed by atoms with E-state index < -0.39 is 27.2 Å². The first-order valence-corrected chi connectivity index (χ1v) is 11.4. The Balaban J connectivity index is 1.74. The van der Waals surface area contributed by atoms with Crippen LogP contribution in [-0.2, 0) is 27.3 Å². The van der Waals surface area contributed by atoms with E-state index in [2.05, 4.69) is 4.18 Å². The molecule has 1 aliphatic carbocycles. The molecule has 4 nitrogen and oxygen atoms in total. The monoisotopic (exact) mass is 478 g/mol. The Bertz CT molecular complexity index is 1300. The third kappa shape index (κ3) is 4.88. The molecule has 0 unspecified atom stereocenters. The highest BCUT2D eigenvalue weighted by Crippen LogP contribution is 2.42. The normalized spacial score (nSPS) is 14.1. The van der Waals surface area contributed by atoms with Crippen molar-refractivity contribution in [1.29, 1.82) is 0 Å². The van der Waals surface area contributed by atoms with Gasteiger partial charge in [0.25, 0.3) is 0 Å². The van der Waals surface area contributed by atoms with Crippen molar-refractivity contribution in [3.63, 3.8) is 0 Å². The minimum absolute atomic E-state index is 0.0140. The van der Waals surface area contributed by atoms with E-state index in [1.807, 2.05) is 30.3 Å². The Morgan fingerprint density at radius 3 is 2.24 bits per heavy atom. The van der Waals surface area contributed by atoms with Crippen LogP contribution in [0.3, 0.4) is 0 Å². The average Bonchev–Trinajstić information content (AvgIpc) is 2.78. The van der Waals surface area contributed by atoms with E-state index in [4.69, 9.17) is 4.74 Å². The Morgan fingerprint density at radius 1 is 0.848 bits per heavy atom. The fourth-order valence-corrected chi connectivity index (χ4v) is 4.08. The van der Waals surface area contributed by atoms with Crippen LogP contribution in [0.5, 0.6) is 5.75 Å².